The fourth-order valence-electron chi connectivity index (χ4n) is 2.95. The van der Waals surface area contributed by atoms with Crippen LogP contribution in [0.4, 0.5) is 0 Å². The molecule has 2 rings (SSSR count). The molecule has 1 fully saturated rings. The first kappa shape index (κ1) is 16.6. The van der Waals surface area contributed by atoms with Crippen LogP contribution in [-0.2, 0) is 4.79 Å². The first-order valence-corrected chi connectivity index (χ1v) is 7.81. The van der Waals surface area contributed by atoms with Gasteiger partial charge in [-0.2, -0.15) is 0 Å². The predicted molar refractivity (Wildman–Crippen MR) is 85.1 cm³/mol. The van der Waals surface area contributed by atoms with E-state index >= 15 is 0 Å². The Kier molecular flexibility index (Phi) is 5.29. The van der Waals surface area contributed by atoms with Gasteiger partial charge in [-0.05, 0) is 51.3 Å². The highest BCUT2D eigenvalue weighted by atomic mass is 35.5. The van der Waals surface area contributed by atoms with Crippen LogP contribution in [-0.4, -0.2) is 35.4 Å². The van der Waals surface area contributed by atoms with Crippen LogP contribution in [0.25, 0.3) is 0 Å². The lowest BCUT2D eigenvalue weighted by molar-refractivity contribution is -0.139. The van der Waals surface area contributed by atoms with E-state index < -0.39 is 5.91 Å². The molecule has 2 N–H and O–H groups in total. The van der Waals surface area contributed by atoms with Crippen molar-refractivity contribution in [2.24, 2.45) is 5.73 Å². The molecule has 22 heavy (non-hydrogen) atoms. The van der Waals surface area contributed by atoms with E-state index in [1.807, 2.05) is 18.7 Å². The van der Waals surface area contributed by atoms with Crippen molar-refractivity contribution < 1.29 is 14.3 Å². The van der Waals surface area contributed by atoms with Crippen molar-refractivity contribution in [1.29, 1.82) is 0 Å². The number of rotatable bonds is 4. The molecule has 120 valence electrons. The number of halogens is 1. The second-order valence-electron chi connectivity index (χ2n) is 5.72. The van der Waals surface area contributed by atoms with E-state index in [-0.39, 0.29) is 35.9 Å². The number of carbonyl (C=O) groups is 2. The third-order valence-electron chi connectivity index (χ3n) is 4.04. The third kappa shape index (κ3) is 3.71. The summed E-state index contributed by atoms with van der Waals surface area (Å²) in [4.78, 5) is 25.7. The summed E-state index contributed by atoms with van der Waals surface area (Å²) < 4.78 is 5.51. The lowest BCUT2D eigenvalue weighted by Gasteiger charge is -2.39. The van der Waals surface area contributed by atoms with Crippen molar-refractivity contribution >= 4 is 23.4 Å². The molecule has 0 aromatic heterocycles. The second-order valence-corrected chi connectivity index (χ2v) is 6.16. The zero-order valence-corrected chi connectivity index (χ0v) is 13.6. The number of likely N-dealkylation sites (tertiary alicyclic amines) is 1. The molecule has 1 saturated heterocycles. The molecule has 1 aromatic carbocycles. The Bertz CT molecular complexity index is 567. The van der Waals surface area contributed by atoms with Gasteiger partial charge in [-0.1, -0.05) is 11.6 Å². The fourth-order valence-corrected chi connectivity index (χ4v) is 3.11. The Labute approximate surface area is 135 Å². The Hall–Kier alpha value is -1.75. The van der Waals surface area contributed by atoms with Gasteiger partial charge in [0.2, 0.25) is 0 Å². The SMILES string of the molecule is CC1CCCC(C)N1C(=O)COc1cc(Cl)ccc1C(N)=O. The van der Waals surface area contributed by atoms with Crippen LogP contribution in [0.2, 0.25) is 5.02 Å². The smallest absolute Gasteiger partial charge is 0.260 e. The van der Waals surface area contributed by atoms with Crippen molar-refractivity contribution in [3.8, 4) is 5.75 Å². The first-order valence-electron chi connectivity index (χ1n) is 7.43. The summed E-state index contributed by atoms with van der Waals surface area (Å²) in [5.41, 5.74) is 5.52. The molecule has 2 atom stereocenters. The van der Waals surface area contributed by atoms with Gasteiger partial charge < -0.3 is 15.4 Å². The van der Waals surface area contributed by atoms with E-state index in [0.29, 0.717) is 5.02 Å². The van der Waals surface area contributed by atoms with Crippen LogP contribution in [0.15, 0.2) is 18.2 Å². The summed E-state index contributed by atoms with van der Waals surface area (Å²) in [6, 6.07) is 4.96. The molecular formula is C16H21ClN2O3. The quantitative estimate of drug-likeness (QED) is 0.925. The van der Waals surface area contributed by atoms with Crippen molar-refractivity contribution in [2.45, 2.75) is 45.2 Å². The largest absolute Gasteiger partial charge is 0.483 e. The van der Waals surface area contributed by atoms with Crippen molar-refractivity contribution in [3.63, 3.8) is 0 Å². The number of nitrogens with two attached hydrogens (primary N) is 1. The van der Waals surface area contributed by atoms with Gasteiger partial charge in [0.1, 0.15) is 5.75 Å². The lowest BCUT2D eigenvalue weighted by atomic mass is 9.97. The summed E-state index contributed by atoms with van der Waals surface area (Å²) >= 11 is 5.90. The number of nitrogens with zero attached hydrogens (tertiary/aromatic N) is 1. The summed E-state index contributed by atoms with van der Waals surface area (Å²) in [5.74, 6) is -0.459. The number of hydrogen-bond donors (Lipinski definition) is 1. The van der Waals surface area contributed by atoms with Crippen LogP contribution in [0.1, 0.15) is 43.5 Å². The minimum absolute atomic E-state index is 0.0879. The Morgan fingerprint density at radius 3 is 2.55 bits per heavy atom. The van der Waals surface area contributed by atoms with Crippen LogP contribution in [0, 0.1) is 0 Å². The number of hydrogen-bond acceptors (Lipinski definition) is 3. The molecule has 1 aliphatic heterocycles. The Morgan fingerprint density at radius 1 is 1.32 bits per heavy atom. The number of primary amides is 1. The lowest BCUT2D eigenvalue weighted by Crippen LogP contribution is -2.49. The maximum absolute atomic E-state index is 12.4. The van der Waals surface area contributed by atoms with E-state index in [4.69, 9.17) is 22.1 Å². The molecule has 0 aliphatic carbocycles. The Morgan fingerprint density at radius 2 is 1.95 bits per heavy atom. The summed E-state index contributed by atoms with van der Waals surface area (Å²) in [5, 5.41) is 0.423. The van der Waals surface area contributed by atoms with Gasteiger partial charge >= 0.3 is 0 Å². The zero-order valence-electron chi connectivity index (χ0n) is 12.8. The number of amides is 2. The molecule has 0 bridgehead atoms. The highest BCUT2D eigenvalue weighted by molar-refractivity contribution is 6.30. The number of carbonyl (C=O) groups excluding carboxylic acids is 2. The molecule has 2 unspecified atom stereocenters. The number of piperidine rings is 1. The van der Waals surface area contributed by atoms with E-state index in [9.17, 15) is 9.59 Å². The van der Waals surface area contributed by atoms with E-state index in [2.05, 4.69) is 0 Å². The van der Waals surface area contributed by atoms with Gasteiger partial charge in [0.05, 0.1) is 5.56 Å². The van der Waals surface area contributed by atoms with E-state index in [0.717, 1.165) is 19.3 Å². The van der Waals surface area contributed by atoms with Gasteiger partial charge in [0.25, 0.3) is 11.8 Å². The van der Waals surface area contributed by atoms with Crippen LogP contribution < -0.4 is 10.5 Å². The van der Waals surface area contributed by atoms with E-state index in [1.54, 1.807) is 6.07 Å². The maximum Gasteiger partial charge on any atom is 0.260 e. The third-order valence-corrected chi connectivity index (χ3v) is 4.28. The van der Waals surface area contributed by atoms with Crippen LogP contribution in [0.5, 0.6) is 5.75 Å². The van der Waals surface area contributed by atoms with Crippen molar-refractivity contribution in [2.75, 3.05) is 6.61 Å². The number of ether oxygens (including phenoxy) is 1. The van der Waals surface area contributed by atoms with Gasteiger partial charge in [-0.15, -0.1) is 0 Å². The average Bonchev–Trinajstić information content (AvgIpc) is 2.44. The molecule has 0 radical (unpaired) electrons. The van der Waals surface area contributed by atoms with Crippen molar-refractivity contribution in [3.05, 3.63) is 28.8 Å². The highest BCUT2D eigenvalue weighted by Gasteiger charge is 2.29. The molecule has 1 aromatic rings. The second kappa shape index (κ2) is 7.01. The predicted octanol–water partition coefficient (Wildman–Crippen LogP) is 2.61. The summed E-state index contributed by atoms with van der Waals surface area (Å²) in [6.07, 6.45) is 3.13. The molecule has 0 spiro atoms. The van der Waals surface area contributed by atoms with Gasteiger partial charge in [-0.3, -0.25) is 9.59 Å². The zero-order chi connectivity index (χ0) is 16.3. The fraction of sp³-hybridized carbons (Fsp3) is 0.500. The molecule has 1 heterocycles. The van der Waals surface area contributed by atoms with Gasteiger partial charge in [0.15, 0.2) is 6.61 Å². The summed E-state index contributed by atoms with van der Waals surface area (Å²) in [6.45, 7) is 3.96. The van der Waals surface area contributed by atoms with E-state index in [1.165, 1.54) is 12.1 Å². The molecule has 2 amide bonds. The maximum atomic E-state index is 12.4. The topological polar surface area (TPSA) is 72.6 Å². The summed E-state index contributed by atoms with van der Waals surface area (Å²) in [7, 11) is 0. The van der Waals surface area contributed by atoms with Gasteiger partial charge in [-0.25, -0.2) is 0 Å². The van der Waals surface area contributed by atoms with Crippen molar-refractivity contribution in [1.82, 2.24) is 4.90 Å². The normalized spacial score (nSPS) is 21.5. The minimum Gasteiger partial charge on any atom is -0.483 e. The standard InChI is InChI=1S/C16H21ClN2O3/c1-10-4-3-5-11(2)19(10)15(20)9-22-14-8-12(17)6-7-13(14)16(18)21/h6-8,10-11H,3-5,9H2,1-2H3,(H2,18,21). The first-order chi connectivity index (χ1) is 10.4. The Balaban J connectivity index is 2.08. The molecule has 6 heteroatoms. The minimum atomic E-state index is -0.612. The van der Waals surface area contributed by atoms with Crippen LogP contribution in [0.3, 0.4) is 0 Å². The monoisotopic (exact) mass is 324 g/mol. The number of benzene rings is 1. The molecule has 0 saturated carbocycles. The highest BCUT2D eigenvalue weighted by Crippen LogP contribution is 2.25. The molecule has 5 nitrogen and oxygen atoms in total. The van der Waals surface area contributed by atoms with Gasteiger partial charge in [0, 0.05) is 17.1 Å². The average molecular weight is 325 g/mol. The molecular weight excluding hydrogens is 304 g/mol. The van der Waals surface area contributed by atoms with Crippen LogP contribution >= 0.6 is 11.6 Å². The molecule has 1 aliphatic rings.